The molecule has 0 aromatic rings. The Morgan fingerprint density at radius 1 is 1.25 bits per heavy atom. The Kier molecular flexibility index (Phi) is 6.32. The maximum atomic E-state index is 9.77. The van der Waals surface area contributed by atoms with Crippen LogP contribution in [0.15, 0.2) is 0 Å². The monoisotopic (exact) mass is 230 g/mol. The van der Waals surface area contributed by atoms with Gasteiger partial charge in [-0.25, -0.2) is 0 Å². The summed E-state index contributed by atoms with van der Waals surface area (Å²) in [5.74, 6) is 1.24. The zero-order chi connectivity index (χ0) is 12.0. The lowest BCUT2D eigenvalue weighted by molar-refractivity contribution is -0.0837. The minimum Gasteiger partial charge on any atom is -0.390 e. The first-order chi connectivity index (χ1) is 7.59. The summed E-state index contributed by atoms with van der Waals surface area (Å²) in [7, 11) is 0. The van der Waals surface area contributed by atoms with Gasteiger partial charge in [0.1, 0.15) is 0 Å². The summed E-state index contributed by atoms with van der Waals surface area (Å²) in [4.78, 5) is 0. The molecule has 0 aromatic heterocycles. The summed E-state index contributed by atoms with van der Waals surface area (Å²) in [5, 5.41) is 9.77. The number of hydrogen-bond acceptors (Lipinski definition) is 3. The summed E-state index contributed by atoms with van der Waals surface area (Å²) < 4.78 is 11.1. The van der Waals surface area contributed by atoms with Gasteiger partial charge in [-0.2, -0.15) is 0 Å². The third kappa shape index (κ3) is 5.28. The minimum absolute atomic E-state index is 0.0198. The Morgan fingerprint density at radius 3 is 2.69 bits per heavy atom. The van der Waals surface area contributed by atoms with Gasteiger partial charge in [0.25, 0.3) is 0 Å². The van der Waals surface area contributed by atoms with Crippen molar-refractivity contribution in [1.29, 1.82) is 0 Å². The molecule has 1 fully saturated rings. The van der Waals surface area contributed by atoms with E-state index in [1.165, 1.54) is 0 Å². The van der Waals surface area contributed by atoms with E-state index in [4.69, 9.17) is 9.47 Å². The highest BCUT2D eigenvalue weighted by Gasteiger charge is 2.27. The van der Waals surface area contributed by atoms with Gasteiger partial charge >= 0.3 is 0 Å². The lowest BCUT2D eigenvalue weighted by atomic mass is 9.86. The quantitative estimate of drug-likeness (QED) is 0.711. The van der Waals surface area contributed by atoms with Crippen LogP contribution in [0.2, 0.25) is 0 Å². The van der Waals surface area contributed by atoms with Crippen molar-refractivity contribution in [2.75, 3.05) is 19.8 Å². The van der Waals surface area contributed by atoms with Crippen LogP contribution >= 0.6 is 0 Å². The van der Waals surface area contributed by atoms with Gasteiger partial charge in [0.2, 0.25) is 0 Å². The summed E-state index contributed by atoms with van der Waals surface area (Å²) in [6.07, 6.45) is 2.71. The van der Waals surface area contributed by atoms with Crippen LogP contribution in [-0.2, 0) is 9.47 Å². The van der Waals surface area contributed by atoms with E-state index >= 15 is 0 Å². The van der Waals surface area contributed by atoms with Crippen LogP contribution in [0, 0.1) is 11.8 Å². The second-order valence-corrected chi connectivity index (χ2v) is 5.36. The van der Waals surface area contributed by atoms with Gasteiger partial charge in [-0.05, 0) is 31.1 Å². The first-order valence-corrected chi connectivity index (χ1v) is 6.47. The molecule has 3 heteroatoms. The molecule has 0 saturated heterocycles. The average Bonchev–Trinajstić information content (AvgIpc) is 2.22. The third-order valence-corrected chi connectivity index (χ3v) is 3.03. The molecule has 3 atom stereocenters. The van der Waals surface area contributed by atoms with Gasteiger partial charge in [0.05, 0.1) is 25.4 Å². The summed E-state index contributed by atoms with van der Waals surface area (Å²) >= 11 is 0. The van der Waals surface area contributed by atoms with Crippen LogP contribution in [0.5, 0.6) is 0 Å². The van der Waals surface area contributed by atoms with Crippen molar-refractivity contribution in [3.63, 3.8) is 0 Å². The molecule has 0 heterocycles. The molecule has 0 bridgehead atoms. The smallest absolute Gasteiger partial charge is 0.0837 e. The number of rotatable bonds is 6. The largest absolute Gasteiger partial charge is 0.390 e. The van der Waals surface area contributed by atoms with Crippen molar-refractivity contribution >= 4 is 0 Å². The van der Waals surface area contributed by atoms with Crippen molar-refractivity contribution in [1.82, 2.24) is 0 Å². The zero-order valence-corrected chi connectivity index (χ0v) is 10.8. The predicted octanol–water partition coefficient (Wildman–Crippen LogP) is 2.23. The lowest BCUT2D eigenvalue weighted by Gasteiger charge is -2.31. The number of aliphatic hydroxyl groups is 1. The van der Waals surface area contributed by atoms with Crippen LogP contribution in [0.4, 0.5) is 0 Å². The van der Waals surface area contributed by atoms with Crippen LogP contribution in [0.3, 0.4) is 0 Å². The molecule has 0 amide bonds. The molecular formula is C13H26O3. The molecule has 1 aliphatic rings. The highest BCUT2D eigenvalue weighted by Crippen LogP contribution is 2.26. The zero-order valence-electron chi connectivity index (χ0n) is 10.8. The van der Waals surface area contributed by atoms with E-state index in [2.05, 4.69) is 20.8 Å². The molecular weight excluding hydrogens is 204 g/mol. The topological polar surface area (TPSA) is 38.7 Å². The second-order valence-electron chi connectivity index (χ2n) is 5.36. The van der Waals surface area contributed by atoms with E-state index in [1.54, 1.807) is 0 Å². The van der Waals surface area contributed by atoms with Crippen LogP contribution < -0.4 is 0 Å². The van der Waals surface area contributed by atoms with Gasteiger partial charge in [-0.15, -0.1) is 0 Å². The van der Waals surface area contributed by atoms with E-state index in [0.717, 1.165) is 25.9 Å². The molecule has 0 aromatic carbocycles. The van der Waals surface area contributed by atoms with E-state index in [9.17, 15) is 5.11 Å². The van der Waals surface area contributed by atoms with Gasteiger partial charge in [0.15, 0.2) is 0 Å². The normalized spacial score (nSPS) is 30.9. The minimum atomic E-state index is -0.277. The second kappa shape index (κ2) is 7.25. The predicted molar refractivity (Wildman–Crippen MR) is 64.4 cm³/mol. The molecule has 1 rings (SSSR count). The molecule has 0 aliphatic heterocycles. The Morgan fingerprint density at radius 2 is 2.00 bits per heavy atom. The van der Waals surface area contributed by atoms with E-state index in [-0.39, 0.29) is 12.2 Å². The molecule has 96 valence electrons. The number of hydrogen-bond donors (Lipinski definition) is 1. The van der Waals surface area contributed by atoms with Gasteiger partial charge in [-0.1, -0.05) is 20.8 Å². The summed E-state index contributed by atoms with van der Waals surface area (Å²) in [6.45, 7) is 8.50. The SMILES string of the molecule is CC(C)COCCOC1CC(C)CCC1O. The van der Waals surface area contributed by atoms with Crippen molar-refractivity contribution in [2.45, 2.75) is 52.2 Å². The fourth-order valence-corrected chi connectivity index (χ4v) is 2.07. The van der Waals surface area contributed by atoms with Crippen molar-refractivity contribution in [2.24, 2.45) is 11.8 Å². The lowest BCUT2D eigenvalue weighted by Crippen LogP contribution is -2.36. The number of aliphatic hydroxyl groups excluding tert-OH is 1. The van der Waals surface area contributed by atoms with Crippen LogP contribution in [-0.4, -0.2) is 37.1 Å². The molecule has 1 N–H and O–H groups in total. The highest BCUT2D eigenvalue weighted by atomic mass is 16.5. The molecule has 1 saturated carbocycles. The van der Waals surface area contributed by atoms with Crippen molar-refractivity contribution < 1.29 is 14.6 Å². The maximum Gasteiger partial charge on any atom is 0.0837 e. The maximum absolute atomic E-state index is 9.77. The van der Waals surface area contributed by atoms with Crippen LogP contribution in [0.25, 0.3) is 0 Å². The van der Waals surface area contributed by atoms with E-state index < -0.39 is 0 Å². The molecule has 1 aliphatic carbocycles. The van der Waals surface area contributed by atoms with E-state index in [1.807, 2.05) is 0 Å². The van der Waals surface area contributed by atoms with Gasteiger partial charge in [0, 0.05) is 6.61 Å². The van der Waals surface area contributed by atoms with Gasteiger partial charge < -0.3 is 14.6 Å². The number of ether oxygens (including phenoxy) is 2. The molecule has 16 heavy (non-hydrogen) atoms. The fraction of sp³-hybridized carbons (Fsp3) is 1.00. The highest BCUT2D eigenvalue weighted by molar-refractivity contribution is 4.78. The Hall–Kier alpha value is -0.120. The Balaban J connectivity index is 2.07. The molecule has 3 nitrogen and oxygen atoms in total. The van der Waals surface area contributed by atoms with Crippen LogP contribution in [0.1, 0.15) is 40.0 Å². The third-order valence-electron chi connectivity index (χ3n) is 3.03. The van der Waals surface area contributed by atoms with Gasteiger partial charge in [-0.3, -0.25) is 0 Å². The first-order valence-electron chi connectivity index (χ1n) is 6.47. The average molecular weight is 230 g/mol. The van der Waals surface area contributed by atoms with Crippen molar-refractivity contribution in [3.8, 4) is 0 Å². The molecule has 3 unspecified atom stereocenters. The van der Waals surface area contributed by atoms with Crippen molar-refractivity contribution in [3.05, 3.63) is 0 Å². The Labute approximate surface area is 99.1 Å². The summed E-state index contributed by atoms with van der Waals surface area (Å²) in [6, 6.07) is 0. The fourth-order valence-electron chi connectivity index (χ4n) is 2.07. The standard InChI is InChI=1S/C13H26O3/c1-10(2)9-15-6-7-16-13-8-11(3)4-5-12(13)14/h10-14H,4-9H2,1-3H3. The first kappa shape index (κ1) is 13.9. The molecule has 0 spiro atoms. The molecule has 0 radical (unpaired) electrons. The summed E-state index contributed by atoms with van der Waals surface area (Å²) in [5.41, 5.74) is 0. The van der Waals surface area contributed by atoms with E-state index in [0.29, 0.717) is 25.0 Å². The Bertz CT molecular complexity index is 182.